The summed E-state index contributed by atoms with van der Waals surface area (Å²) in [6, 6.07) is 21.5. The van der Waals surface area contributed by atoms with Crippen LogP contribution >= 0.6 is 0 Å². The van der Waals surface area contributed by atoms with Crippen molar-refractivity contribution in [3.05, 3.63) is 138 Å². The minimum absolute atomic E-state index is 0.0240. The van der Waals surface area contributed by atoms with Gasteiger partial charge in [-0.2, -0.15) is 0 Å². The van der Waals surface area contributed by atoms with Crippen LogP contribution in [0.3, 0.4) is 0 Å². The van der Waals surface area contributed by atoms with Crippen LogP contribution in [0.4, 0.5) is 4.79 Å². The average Bonchev–Trinajstić information content (AvgIpc) is 1.53. The van der Waals surface area contributed by atoms with E-state index < -0.39 is 138 Å². The molecule has 0 aliphatic carbocycles. The molecule has 0 radical (unpaired) electrons. The zero-order valence-electron chi connectivity index (χ0n) is 52.7. The molecule has 5 aromatic rings. The number of aromatic hydroxyl groups is 1. The smallest absolute Gasteiger partial charge is 0.315 e. The molecular weight excluding hydrogens is 1180 g/mol. The molecule has 26 heteroatoms. The number of hydrogen-bond donors (Lipinski definition) is 13. The van der Waals surface area contributed by atoms with Crippen molar-refractivity contribution in [1.29, 1.82) is 0 Å². The third kappa shape index (κ3) is 23.4. The van der Waals surface area contributed by atoms with E-state index in [1.54, 1.807) is 79.0 Å². The summed E-state index contributed by atoms with van der Waals surface area (Å²) in [5, 5.41) is 40.4. The lowest BCUT2D eigenvalue weighted by molar-refractivity contribution is -0.142. The van der Waals surface area contributed by atoms with Crippen LogP contribution in [-0.4, -0.2) is 160 Å². The number of phenols is 1. The highest BCUT2D eigenvalue weighted by molar-refractivity contribution is 6.00. The third-order valence-corrected chi connectivity index (χ3v) is 15.6. The van der Waals surface area contributed by atoms with Gasteiger partial charge in [0.1, 0.15) is 23.9 Å². The van der Waals surface area contributed by atoms with Crippen molar-refractivity contribution in [1.82, 2.24) is 47.1 Å². The molecule has 9 atom stereocenters. The molecule has 1 heterocycles. The number of likely N-dealkylation sites (N-methyl/N-ethyl adjacent to an activating group) is 1. The highest BCUT2D eigenvalue weighted by Crippen LogP contribution is 2.23. The largest absolute Gasteiger partial charge is 0.508 e. The van der Waals surface area contributed by atoms with Gasteiger partial charge >= 0.3 is 6.03 Å². The molecule has 9 amide bonds. The topological polar surface area (TPSA) is 422 Å². The van der Waals surface area contributed by atoms with Gasteiger partial charge in [-0.3, -0.25) is 52.9 Å². The fraction of sp³-hybridized carbons (Fsp3) is 0.424. The van der Waals surface area contributed by atoms with Crippen molar-refractivity contribution in [2.24, 2.45) is 39.9 Å². The van der Waals surface area contributed by atoms with Gasteiger partial charge in [-0.1, -0.05) is 105 Å². The van der Waals surface area contributed by atoms with Crippen molar-refractivity contribution in [2.75, 3.05) is 27.2 Å². The van der Waals surface area contributed by atoms with Crippen LogP contribution in [0.25, 0.3) is 10.9 Å². The standard InChI is InChI=1S/C66H87N13O13/c1-38(2)28-50(56(83)33-44(20-15-27-71-65(69)70-5)61(88)77-53(60(68)87)32-45-36-72-49-22-14-13-21-47(45)49)78-66(92)73-37-58(85)51(29-41-16-9-7-10-17-41)75-62(89)48(39(3)80)34-57(84)52(35-59(67)86)76-63(90)55(31-42-18-11-8-12-19-42)79(6)64(91)54(74-40(4)81)30-43-23-25-46(82)26-24-43/h7-14,16-19,21-26,36,38-39,44,48,50-55,72,80,82H,15,20,27-35,37H2,1-6H3,(H2,67,86)(H2,68,87)(H,74,81)(H,75,89)(H,76,90)(H,77,88)(H3,69,70,71)(H2,73,78,92)/t39-,44-,48+,50+,51+,52+,53+,54-,55-/m1/s1. The number of primary amides is 2. The number of aromatic amines is 1. The van der Waals surface area contributed by atoms with Crippen LogP contribution < -0.4 is 54.4 Å². The Labute approximate surface area is 534 Å². The number of benzene rings is 4. The van der Waals surface area contributed by atoms with Gasteiger partial charge in [-0.15, -0.1) is 0 Å². The number of H-pyrrole nitrogens is 1. The summed E-state index contributed by atoms with van der Waals surface area (Å²) < 4.78 is 0. The molecule has 1 aromatic heterocycles. The molecule has 0 aliphatic rings. The van der Waals surface area contributed by atoms with E-state index >= 15 is 0 Å². The Morgan fingerprint density at radius 1 is 0.598 bits per heavy atom. The van der Waals surface area contributed by atoms with E-state index in [1.165, 1.54) is 40.1 Å². The Balaban J connectivity index is 1.31. The maximum absolute atomic E-state index is 14.5. The number of carbonyl (C=O) groups excluding carboxylic acids is 11. The zero-order chi connectivity index (χ0) is 67.6. The number of aliphatic hydroxyl groups is 1. The molecule has 0 saturated heterocycles. The van der Waals surface area contributed by atoms with Gasteiger partial charge < -0.3 is 74.5 Å². The first kappa shape index (κ1) is 72.8. The van der Waals surface area contributed by atoms with E-state index in [-0.39, 0.29) is 69.1 Å². The van der Waals surface area contributed by atoms with Crippen LogP contribution in [0, 0.1) is 17.8 Å². The second-order valence-electron chi connectivity index (χ2n) is 23.3. The monoisotopic (exact) mass is 1270 g/mol. The predicted molar refractivity (Wildman–Crippen MR) is 345 cm³/mol. The van der Waals surface area contributed by atoms with E-state index in [4.69, 9.17) is 17.2 Å². The molecule has 0 aliphatic heterocycles. The first-order chi connectivity index (χ1) is 43.7. The van der Waals surface area contributed by atoms with Gasteiger partial charge in [0.05, 0.1) is 43.1 Å². The number of amides is 9. The number of ketones is 3. The summed E-state index contributed by atoms with van der Waals surface area (Å²) in [5.74, 6) is -10.4. The molecule has 494 valence electrons. The second kappa shape index (κ2) is 36.0. The maximum Gasteiger partial charge on any atom is 0.315 e. The molecule has 0 saturated carbocycles. The number of carbonyl (C=O) groups is 11. The number of urea groups is 1. The number of fused-ring (bicyclic) bond motifs is 1. The van der Waals surface area contributed by atoms with Crippen molar-refractivity contribution >= 4 is 81.6 Å². The van der Waals surface area contributed by atoms with Crippen LogP contribution in [0.2, 0.25) is 0 Å². The summed E-state index contributed by atoms with van der Waals surface area (Å²) >= 11 is 0. The van der Waals surface area contributed by atoms with Gasteiger partial charge in [0.15, 0.2) is 23.3 Å². The van der Waals surface area contributed by atoms with Gasteiger partial charge in [0, 0.05) is 82.7 Å². The number of aromatic nitrogens is 1. The van der Waals surface area contributed by atoms with Crippen molar-refractivity contribution in [3.63, 3.8) is 0 Å². The Hall–Kier alpha value is -9.98. The maximum atomic E-state index is 14.5. The van der Waals surface area contributed by atoms with E-state index in [0.29, 0.717) is 23.1 Å². The summed E-state index contributed by atoms with van der Waals surface area (Å²) in [6.07, 6.45) is -1.39. The molecule has 0 fully saturated rings. The summed E-state index contributed by atoms with van der Waals surface area (Å²) in [6.45, 7) is 5.67. The number of rotatable bonds is 37. The minimum atomic E-state index is -1.70. The Morgan fingerprint density at radius 2 is 1.17 bits per heavy atom. The van der Waals surface area contributed by atoms with E-state index in [9.17, 15) is 63.0 Å². The lowest BCUT2D eigenvalue weighted by Crippen LogP contribution is -2.57. The summed E-state index contributed by atoms with van der Waals surface area (Å²) in [4.78, 5) is 160. The average molecular weight is 1270 g/mol. The number of nitrogens with one attached hydrogen (secondary N) is 8. The molecule has 92 heavy (non-hydrogen) atoms. The number of nitrogens with zero attached hydrogens (tertiary/aromatic N) is 2. The highest BCUT2D eigenvalue weighted by atomic mass is 16.3. The number of nitrogens with two attached hydrogens (primary N) is 3. The van der Waals surface area contributed by atoms with Gasteiger partial charge in [0.25, 0.3) is 0 Å². The Kier molecular flexibility index (Phi) is 28.5. The quantitative estimate of drug-likeness (QED) is 0.0152. The molecule has 0 spiro atoms. The van der Waals surface area contributed by atoms with Gasteiger partial charge in [0.2, 0.25) is 41.4 Å². The molecule has 5 rings (SSSR count). The van der Waals surface area contributed by atoms with Crippen molar-refractivity contribution in [2.45, 2.75) is 134 Å². The SMILES string of the molecule is CN=C(N)NCCC[C@H](CC(=O)[C@H](CC(C)C)NC(=O)NCC(=O)[C@H](Cc1ccccc1)NC(=O)[C@@H](CC(=O)[C@H](CC(N)=O)NC(=O)[C@@H](Cc1ccccc1)N(C)C(=O)[C@@H](Cc1ccc(O)cc1)NC(C)=O)[C@@H](C)O)C(=O)N[C@@H](Cc1c[nH]c2ccccc12)C(N)=O. The third-order valence-electron chi connectivity index (χ3n) is 15.6. The molecule has 0 bridgehead atoms. The van der Waals surface area contributed by atoms with Crippen molar-refractivity contribution < 1.29 is 63.0 Å². The fourth-order valence-electron chi connectivity index (χ4n) is 10.5. The number of hydrogen-bond acceptors (Lipinski definition) is 14. The van der Waals surface area contributed by atoms with Gasteiger partial charge in [-0.25, -0.2) is 4.79 Å². The van der Waals surface area contributed by atoms with Crippen molar-refractivity contribution in [3.8, 4) is 5.75 Å². The highest BCUT2D eigenvalue weighted by Gasteiger charge is 2.38. The molecule has 0 unspecified atom stereocenters. The first-order valence-corrected chi connectivity index (χ1v) is 30.4. The zero-order valence-corrected chi connectivity index (χ0v) is 52.7. The lowest BCUT2D eigenvalue weighted by Gasteiger charge is -2.32. The van der Waals surface area contributed by atoms with Crippen LogP contribution in [0.15, 0.2) is 120 Å². The first-order valence-electron chi connectivity index (χ1n) is 30.4. The Bertz CT molecular complexity index is 3380. The summed E-state index contributed by atoms with van der Waals surface area (Å²) in [7, 11) is 2.83. The number of Topliss-reactive ketones (excluding diaryl/α,β-unsaturated/α-hetero) is 3. The minimum Gasteiger partial charge on any atom is -0.508 e. The fourth-order valence-corrected chi connectivity index (χ4v) is 10.5. The van der Waals surface area contributed by atoms with E-state index in [1.807, 2.05) is 38.1 Å². The number of aliphatic hydroxyl groups excluding tert-OH is 1. The van der Waals surface area contributed by atoms with Crippen LogP contribution in [0.5, 0.6) is 5.75 Å². The number of guanidine groups is 1. The number of para-hydroxylation sites is 1. The molecule has 16 N–H and O–H groups in total. The Morgan fingerprint density at radius 3 is 1.77 bits per heavy atom. The molecule has 26 nitrogen and oxygen atoms in total. The molecular formula is C66H87N13O13. The predicted octanol–water partition coefficient (Wildman–Crippen LogP) is 1.42. The van der Waals surface area contributed by atoms with Crippen LogP contribution in [0.1, 0.15) is 88.5 Å². The van der Waals surface area contributed by atoms with E-state index in [2.05, 4.69) is 47.2 Å². The molecule has 4 aromatic carbocycles. The second-order valence-corrected chi connectivity index (χ2v) is 23.3. The van der Waals surface area contributed by atoms with Gasteiger partial charge in [-0.05, 0) is 79.0 Å². The summed E-state index contributed by atoms with van der Waals surface area (Å²) in [5.41, 5.74) is 20.5. The van der Waals surface area contributed by atoms with E-state index in [0.717, 1.165) is 21.4 Å². The number of phenolic OH excluding ortho intramolecular Hbond substituents is 1. The number of aliphatic imine (C=N–C) groups is 1. The van der Waals surface area contributed by atoms with Crippen LogP contribution in [-0.2, 0) is 73.6 Å². The lowest BCUT2D eigenvalue weighted by atomic mass is 9.90. The normalized spacial score (nSPS) is 14.3.